The number of halogens is 1. The maximum Gasteiger partial charge on any atom is 0.213 e. The summed E-state index contributed by atoms with van der Waals surface area (Å²) in [6.45, 7) is 0.779. The van der Waals surface area contributed by atoms with Gasteiger partial charge in [0.15, 0.2) is 0 Å². The molecule has 0 amide bonds. The number of hydrogen-bond donors (Lipinski definition) is 2. The normalized spacial score (nSPS) is 11.7. The summed E-state index contributed by atoms with van der Waals surface area (Å²) in [4.78, 5) is 3.50. The Labute approximate surface area is 192 Å². The zero-order valence-electron chi connectivity index (χ0n) is 17.7. The molecule has 0 spiro atoms. The molecule has 0 saturated carbocycles. The Morgan fingerprint density at radius 3 is 2.21 bits per heavy atom. The maximum atomic E-state index is 9.92. The summed E-state index contributed by atoms with van der Waals surface area (Å²) >= 11 is 0. The quantitative estimate of drug-likeness (QED) is 0.351. The summed E-state index contributed by atoms with van der Waals surface area (Å²) in [7, 11) is -3.29. The van der Waals surface area contributed by atoms with Crippen LogP contribution in [0.2, 0.25) is 0 Å². The Morgan fingerprint density at radius 2 is 1.58 bits per heavy atom. The zero-order valence-corrected chi connectivity index (χ0v) is 18.5. The average molecular weight is 472 g/mol. The molecule has 9 heteroatoms. The van der Waals surface area contributed by atoms with Crippen molar-refractivity contribution in [2.45, 2.75) is 6.42 Å². The molecule has 0 saturated heterocycles. The lowest BCUT2D eigenvalue weighted by atomic mass is 10.1. The van der Waals surface area contributed by atoms with Gasteiger partial charge in [-0.1, -0.05) is 30.3 Å². The fraction of sp³-hybridized carbons (Fsp3) is 0.125. The summed E-state index contributed by atoms with van der Waals surface area (Å²) in [5.74, 6) is 1.77. The predicted octanol–water partition coefficient (Wildman–Crippen LogP) is -1.72. The lowest BCUT2D eigenvalue weighted by Crippen LogP contribution is -2.77. The first-order valence-electron chi connectivity index (χ1n) is 9.87. The summed E-state index contributed by atoms with van der Waals surface area (Å²) in [6.07, 6.45) is 0.908. The van der Waals surface area contributed by atoms with Gasteiger partial charge in [-0.15, -0.1) is 10.2 Å². The Balaban J connectivity index is 0.000000555. The monoisotopic (exact) mass is 471 g/mol. The van der Waals surface area contributed by atoms with Crippen molar-refractivity contribution in [2.75, 3.05) is 13.7 Å². The summed E-state index contributed by atoms with van der Waals surface area (Å²) in [5, 5.41) is 11.7. The van der Waals surface area contributed by atoms with E-state index in [1.54, 1.807) is 25.3 Å². The van der Waals surface area contributed by atoms with Crippen LogP contribution >= 0.6 is 0 Å². The van der Waals surface area contributed by atoms with Crippen LogP contribution in [-0.2, 0) is 6.42 Å². The second kappa shape index (κ2) is 11.0. The molecule has 1 heterocycles. The second-order valence-electron chi connectivity index (χ2n) is 6.97. The van der Waals surface area contributed by atoms with Crippen molar-refractivity contribution in [3.05, 3.63) is 89.8 Å². The molecule has 172 valence electrons. The van der Waals surface area contributed by atoms with E-state index in [1.165, 1.54) is 5.56 Å². The zero-order chi connectivity index (χ0) is 23.8. The van der Waals surface area contributed by atoms with Crippen LogP contribution in [-0.4, -0.2) is 18.8 Å². The van der Waals surface area contributed by atoms with Gasteiger partial charge in [0.1, 0.15) is 29.4 Å². The molecule has 4 aromatic rings. The molecule has 0 atom stereocenters. The van der Waals surface area contributed by atoms with Crippen LogP contribution in [0, 0.1) is 10.2 Å². The maximum absolute atomic E-state index is 9.92. The van der Waals surface area contributed by atoms with Crippen molar-refractivity contribution in [3.8, 4) is 22.8 Å². The Morgan fingerprint density at radius 1 is 0.909 bits per heavy atom. The molecule has 1 aromatic heterocycles. The molecule has 0 fully saturated rings. The second-order valence-corrected chi connectivity index (χ2v) is 7.73. The number of ether oxygens (including phenoxy) is 1. The van der Waals surface area contributed by atoms with Gasteiger partial charge in [0.2, 0.25) is 5.36 Å². The van der Waals surface area contributed by atoms with E-state index in [9.17, 15) is 5.11 Å². The topological polar surface area (TPSA) is 149 Å². The first kappa shape index (κ1) is 24.2. The van der Waals surface area contributed by atoms with Crippen molar-refractivity contribution < 1.29 is 48.1 Å². The van der Waals surface area contributed by atoms with Crippen LogP contribution in [0.25, 0.3) is 22.3 Å². The van der Waals surface area contributed by atoms with E-state index < -0.39 is 10.2 Å². The molecule has 0 radical (unpaired) electrons. The molecular weight excluding hydrogens is 450 g/mol. The Bertz CT molecular complexity index is 1240. The number of benzene rings is 3. The lowest BCUT2D eigenvalue weighted by molar-refractivity contribution is -2.00. The highest BCUT2D eigenvalue weighted by atomic mass is 35.7. The van der Waals surface area contributed by atoms with Crippen LogP contribution in [0.5, 0.6) is 11.5 Å². The largest absolute Gasteiger partial charge is 0.508 e. The number of hydrogen-bond acceptors (Lipinski definition) is 7. The Hall–Kier alpha value is -3.40. The molecule has 8 nitrogen and oxygen atoms in total. The highest BCUT2D eigenvalue weighted by molar-refractivity contribution is 5.79. The van der Waals surface area contributed by atoms with E-state index >= 15 is 0 Å². The van der Waals surface area contributed by atoms with Crippen LogP contribution in [0.3, 0.4) is 0 Å². The molecular formula is C24H22ClNO7. The SMILES string of the molecule is COc1ccc(-c2cc(=[NH+]CCc3ccccc3)c3cc(O)ccc3o2)cc1.[O-][Cl+3]([O-])([O-])[O-]. The van der Waals surface area contributed by atoms with Gasteiger partial charge in [0, 0.05) is 12.0 Å². The number of aromatic hydroxyl groups is 1. The van der Waals surface area contributed by atoms with Gasteiger partial charge >= 0.3 is 0 Å². The number of methoxy groups -OCH3 is 1. The van der Waals surface area contributed by atoms with Crippen molar-refractivity contribution in [3.63, 3.8) is 0 Å². The van der Waals surface area contributed by atoms with E-state index in [-0.39, 0.29) is 5.75 Å². The minimum atomic E-state index is -4.94. The predicted molar refractivity (Wildman–Crippen MR) is 109 cm³/mol. The average Bonchev–Trinajstić information content (AvgIpc) is 2.79. The molecule has 0 aliphatic rings. The first-order valence-corrected chi connectivity index (χ1v) is 11.1. The van der Waals surface area contributed by atoms with Crippen LogP contribution in [0.4, 0.5) is 0 Å². The highest BCUT2D eigenvalue weighted by Crippen LogP contribution is 2.25. The summed E-state index contributed by atoms with van der Waals surface area (Å²) < 4.78 is 45.3. The summed E-state index contributed by atoms with van der Waals surface area (Å²) in [6, 6.07) is 25.2. The van der Waals surface area contributed by atoms with Crippen molar-refractivity contribution in [1.29, 1.82) is 0 Å². The molecule has 0 aliphatic heterocycles. The van der Waals surface area contributed by atoms with Gasteiger partial charge < -0.3 is 14.3 Å². The van der Waals surface area contributed by atoms with Gasteiger partial charge in [-0.3, -0.25) is 0 Å². The van der Waals surface area contributed by atoms with E-state index in [4.69, 9.17) is 27.8 Å². The van der Waals surface area contributed by atoms with Crippen molar-refractivity contribution >= 4 is 11.0 Å². The third-order valence-corrected chi connectivity index (χ3v) is 4.70. The number of phenols is 1. The van der Waals surface area contributed by atoms with Crippen LogP contribution < -0.4 is 33.7 Å². The van der Waals surface area contributed by atoms with E-state index in [0.717, 1.165) is 40.8 Å². The lowest BCUT2D eigenvalue weighted by Gasteiger charge is -2.17. The van der Waals surface area contributed by atoms with Crippen molar-refractivity contribution in [1.82, 2.24) is 0 Å². The standard InChI is InChI=1S/C24H21NO3.ClHO4/c1-27-20-10-7-18(8-11-20)24-16-22(21-15-19(26)9-12-23(21)28-24)25-14-13-17-5-3-2-4-6-17;2-1(3,4)5/h2-12,15-16,26H,13-14H2,1H3;(H,2,3,4,5). The fourth-order valence-corrected chi connectivity index (χ4v) is 3.20. The molecule has 0 bridgehead atoms. The van der Waals surface area contributed by atoms with E-state index in [1.807, 2.05) is 48.5 Å². The first-order chi connectivity index (χ1) is 15.7. The minimum absolute atomic E-state index is 0.214. The third kappa shape index (κ3) is 7.60. The van der Waals surface area contributed by atoms with Gasteiger partial charge in [-0.25, -0.2) is 23.6 Å². The molecule has 4 rings (SSSR count). The van der Waals surface area contributed by atoms with Crippen LogP contribution in [0.15, 0.2) is 83.3 Å². The Kier molecular flexibility index (Phi) is 8.05. The number of nitrogens with one attached hydrogen (secondary N) is 1. The third-order valence-electron chi connectivity index (χ3n) is 4.70. The fourth-order valence-electron chi connectivity index (χ4n) is 3.20. The minimum Gasteiger partial charge on any atom is -0.508 e. The van der Waals surface area contributed by atoms with E-state index in [0.29, 0.717) is 5.58 Å². The molecule has 2 N–H and O–H groups in total. The molecule has 3 aromatic carbocycles. The number of fused-ring (bicyclic) bond motifs is 1. The molecule has 33 heavy (non-hydrogen) atoms. The number of rotatable bonds is 5. The molecule has 0 aliphatic carbocycles. The van der Waals surface area contributed by atoms with Gasteiger partial charge in [0.05, 0.1) is 18.6 Å². The highest BCUT2D eigenvalue weighted by Gasteiger charge is 2.10. The van der Waals surface area contributed by atoms with Crippen LogP contribution in [0.1, 0.15) is 5.56 Å². The number of phenolic OH excluding ortho intramolecular Hbond substituents is 1. The van der Waals surface area contributed by atoms with Crippen molar-refractivity contribution in [2.24, 2.45) is 0 Å². The van der Waals surface area contributed by atoms with Gasteiger partial charge in [0.25, 0.3) is 0 Å². The smallest absolute Gasteiger partial charge is 0.213 e. The van der Waals surface area contributed by atoms with Gasteiger partial charge in [-0.2, -0.15) is 0 Å². The van der Waals surface area contributed by atoms with Gasteiger partial charge in [-0.05, 0) is 48.0 Å². The molecule has 0 unspecified atom stereocenters. The summed E-state index contributed by atoms with van der Waals surface area (Å²) in [5.41, 5.74) is 2.95. The van der Waals surface area contributed by atoms with E-state index in [2.05, 4.69) is 17.1 Å².